The third-order valence-electron chi connectivity index (χ3n) is 4.86. The van der Waals surface area contributed by atoms with E-state index in [-0.39, 0.29) is 38.7 Å². The maximum atomic E-state index is 2.28. The first-order chi connectivity index (χ1) is 11.5. The van der Waals surface area contributed by atoms with Crippen molar-refractivity contribution in [2.75, 3.05) is 0 Å². The van der Waals surface area contributed by atoms with E-state index in [2.05, 4.69) is 119 Å². The largest absolute Gasteiger partial charge is 2.00 e. The molecule has 0 amide bonds. The molecule has 0 nitrogen and oxygen atoms in total. The van der Waals surface area contributed by atoms with Gasteiger partial charge in [0, 0.05) is 0 Å². The molecule has 0 aliphatic heterocycles. The van der Waals surface area contributed by atoms with Crippen LogP contribution in [0.5, 0.6) is 0 Å². The van der Waals surface area contributed by atoms with Crippen molar-refractivity contribution in [3.8, 4) is 0 Å². The van der Waals surface area contributed by atoms with E-state index in [9.17, 15) is 0 Å². The van der Waals surface area contributed by atoms with Gasteiger partial charge in [0.2, 0.25) is 0 Å². The van der Waals surface area contributed by atoms with Crippen LogP contribution in [0, 0.1) is 0 Å². The summed E-state index contributed by atoms with van der Waals surface area (Å²) in [5, 5.41) is 0. The Hall–Kier alpha value is -0.781. The van der Waals surface area contributed by atoms with Gasteiger partial charge in [-0.2, -0.15) is 23.3 Å². The molecule has 2 aromatic carbocycles. The molecule has 154 valence electrons. The Balaban J connectivity index is 0.000000483. The van der Waals surface area contributed by atoms with Crippen molar-refractivity contribution >= 4 is 0 Å². The van der Waals surface area contributed by atoms with Crippen molar-refractivity contribution in [2.24, 2.45) is 0 Å². The molecule has 0 aromatic heterocycles. The molecule has 0 bridgehead atoms. The molecule has 0 unspecified atom stereocenters. The summed E-state index contributed by atoms with van der Waals surface area (Å²) in [7, 11) is 0. The van der Waals surface area contributed by atoms with Crippen LogP contribution in [0.1, 0.15) is 105 Å². The molecule has 27 heavy (non-hydrogen) atoms. The maximum Gasteiger partial charge on any atom is 2.00 e. The van der Waals surface area contributed by atoms with E-state index < -0.39 is 0 Å². The van der Waals surface area contributed by atoms with Gasteiger partial charge < -0.3 is 0 Å². The van der Waals surface area contributed by atoms with E-state index in [0.717, 1.165) is 0 Å². The fourth-order valence-corrected chi connectivity index (χ4v) is 3.46. The number of hydrogen-bond acceptors (Lipinski definition) is 0. The Morgan fingerprint density at radius 2 is 0.778 bits per heavy atom. The summed E-state index contributed by atoms with van der Waals surface area (Å²) in [4.78, 5) is 0. The summed E-state index contributed by atoms with van der Waals surface area (Å²) >= 11 is 0. The molecule has 2 aromatic rings. The van der Waals surface area contributed by atoms with Gasteiger partial charge in [-0.3, -0.25) is 0 Å². The minimum Gasteiger partial charge on any atom is -0.213 e. The number of hydrogen-bond donors (Lipinski definition) is 0. The van der Waals surface area contributed by atoms with Gasteiger partial charge >= 0.3 is 17.1 Å². The molecule has 0 N–H and O–H groups in total. The van der Waals surface area contributed by atoms with Gasteiger partial charge in [0.05, 0.1) is 0 Å². The smallest absolute Gasteiger partial charge is 0.213 e. The van der Waals surface area contributed by atoms with Crippen LogP contribution in [-0.4, -0.2) is 0 Å². The Morgan fingerprint density at radius 1 is 0.519 bits per heavy atom. The van der Waals surface area contributed by atoms with Gasteiger partial charge in [-0.15, -0.1) is 11.1 Å². The molecule has 1 heteroatoms. The third kappa shape index (κ3) is 7.28. The van der Waals surface area contributed by atoms with E-state index in [1.165, 1.54) is 22.3 Å². The average Bonchev–Trinajstić information content (AvgIpc) is 3.06. The van der Waals surface area contributed by atoms with E-state index in [1.54, 1.807) is 0 Å². The Kier molecular flexibility index (Phi) is 8.46. The standard InChI is InChI=1S/2C13H21.Fe/c2*1-12(2,3)10-8-7-9-11(10)13(4,5)6;/h2*7-9H,1-6H3;/q2*-1;+2. The molecule has 0 aliphatic carbocycles. The average molecular weight is 410 g/mol. The Bertz CT molecular complexity index is 563. The summed E-state index contributed by atoms with van der Waals surface area (Å²) < 4.78 is 0. The van der Waals surface area contributed by atoms with Crippen molar-refractivity contribution in [1.29, 1.82) is 0 Å². The first-order valence-corrected chi connectivity index (χ1v) is 9.99. The summed E-state index contributed by atoms with van der Waals surface area (Å²) in [5.74, 6) is 0. The quantitative estimate of drug-likeness (QED) is 0.305. The maximum absolute atomic E-state index is 2.28. The molecule has 0 saturated heterocycles. The predicted molar refractivity (Wildman–Crippen MR) is 119 cm³/mol. The van der Waals surface area contributed by atoms with Crippen LogP contribution in [0.2, 0.25) is 0 Å². The second kappa shape index (κ2) is 8.71. The van der Waals surface area contributed by atoms with Crippen molar-refractivity contribution in [2.45, 2.75) is 105 Å². The van der Waals surface area contributed by atoms with E-state index in [1.807, 2.05) is 0 Å². The van der Waals surface area contributed by atoms with Crippen molar-refractivity contribution < 1.29 is 17.1 Å². The van der Waals surface area contributed by atoms with Gasteiger partial charge in [0.15, 0.2) is 0 Å². The van der Waals surface area contributed by atoms with E-state index in [4.69, 9.17) is 0 Å². The summed E-state index contributed by atoms with van der Waals surface area (Å²) in [6, 6.07) is 13.3. The van der Waals surface area contributed by atoms with Gasteiger partial charge in [-0.1, -0.05) is 93.9 Å². The van der Waals surface area contributed by atoms with Crippen LogP contribution in [0.15, 0.2) is 36.4 Å². The SMILES string of the molecule is CC(C)(C)c1ccc[c-]1C(C)(C)C.CC(C)(C)c1ccc[c-]1C(C)(C)C.[Fe+2]. The summed E-state index contributed by atoms with van der Waals surface area (Å²) in [6.07, 6.45) is 0. The van der Waals surface area contributed by atoms with Gasteiger partial charge in [0.1, 0.15) is 0 Å². The van der Waals surface area contributed by atoms with E-state index in [0.29, 0.717) is 0 Å². The Morgan fingerprint density at radius 3 is 0.926 bits per heavy atom. The molecule has 0 fully saturated rings. The molecule has 0 atom stereocenters. The Labute approximate surface area is 180 Å². The predicted octanol–water partition coefficient (Wildman–Crippen LogP) is 8.00. The molecule has 2 rings (SSSR count). The molecule has 0 spiro atoms. The normalized spacial score (nSPS) is 12.9. The van der Waals surface area contributed by atoms with Gasteiger partial charge in [0.25, 0.3) is 0 Å². The van der Waals surface area contributed by atoms with Crippen LogP contribution in [0.3, 0.4) is 0 Å². The fraction of sp³-hybridized carbons (Fsp3) is 0.615. The van der Waals surface area contributed by atoms with Crippen molar-refractivity contribution in [3.63, 3.8) is 0 Å². The van der Waals surface area contributed by atoms with Gasteiger partial charge in [-0.25, -0.2) is 24.3 Å². The van der Waals surface area contributed by atoms with Crippen LogP contribution >= 0.6 is 0 Å². The first kappa shape index (κ1) is 26.2. The summed E-state index contributed by atoms with van der Waals surface area (Å²) in [5.41, 5.74) is 7.02. The molecular formula is C26H42Fe. The summed E-state index contributed by atoms with van der Waals surface area (Å²) in [6.45, 7) is 27.3. The molecular weight excluding hydrogens is 368 g/mol. The molecule has 0 saturated carbocycles. The van der Waals surface area contributed by atoms with Crippen molar-refractivity contribution in [3.05, 3.63) is 58.7 Å². The minimum absolute atomic E-state index is 0. The number of rotatable bonds is 0. The van der Waals surface area contributed by atoms with Crippen LogP contribution in [0.25, 0.3) is 0 Å². The topological polar surface area (TPSA) is 0 Å². The fourth-order valence-electron chi connectivity index (χ4n) is 3.46. The molecule has 0 heterocycles. The third-order valence-corrected chi connectivity index (χ3v) is 4.86. The van der Waals surface area contributed by atoms with Crippen LogP contribution < -0.4 is 0 Å². The van der Waals surface area contributed by atoms with Gasteiger partial charge in [-0.05, 0) is 10.8 Å². The zero-order valence-corrected chi connectivity index (χ0v) is 20.9. The first-order valence-electron chi connectivity index (χ1n) is 9.99. The molecule has 0 aliphatic rings. The zero-order valence-electron chi connectivity index (χ0n) is 19.8. The van der Waals surface area contributed by atoms with E-state index >= 15 is 0 Å². The van der Waals surface area contributed by atoms with Crippen LogP contribution in [0.4, 0.5) is 0 Å². The minimum atomic E-state index is 0. The van der Waals surface area contributed by atoms with Crippen LogP contribution in [-0.2, 0) is 38.7 Å². The monoisotopic (exact) mass is 410 g/mol. The zero-order chi connectivity index (χ0) is 20.6. The molecule has 0 radical (unpaired) electrons. The second-order valence-corrected chi connectivity index (χ2v) is 11.7. The second-order valence-electron chi connectivity index (χ2n) is 11.7. The van der Waals surface area contributed by atoms with Crippen molar-refractivity contribution in [1.82, 2.24) is 0 Å².